The Hall–Kier alpha value is -0.820. The van der Waals surface area contributed by atoms with Crippen molar-refractivity contribution in [2.24, 2.45) is 0 Å². The van der Waals surface area contributed by atoms with Gasteiger partial charge < -0.3 is 0 Å². The lowest BCUT2D eigenvalue weighted by Gasteiger charge is -1.95. The summed E-state index contributed by atoms with van der Waals surface area (Å²) in [5.74, 6) is 0. The fraction of sp³-hybridized carbons (Fsp3) is 0.429. The van der Waals surface area contributed by atoms with Crippen LogP contribution in [0.1, 0.15) is 12.8 Å². The van der Waals surface area contributed by atoms with Gasteiger partial charge in [0.05, 0.1) is 6.07 Å². The van der Waals surface area contributed by atoms with E-state index in [0.717, 1.165) is 17.6 Å². The minimum Gasteiger partial charge on any atom is -0.272 e. The van der Waals surface area contributed by atoms with Crippen LogP contribution >= 0.6 is 15.9 Å². The van der Waals surface area contributed by atoms with Crippen LogP contribution < -0.4 is 0 Å². The zero-order valence-corrected chi connectivity index (χ0v) is 7.58. The first-order valence-electron chi connectivity index (χ1n) is 3.39. The molecule has 0 aliphatic heterocycles. The van der Waals surface area contributed by atoms with Gasteiger partial charge >= 0.3 is 0 Å². The molecular weight excluding hydrogens is 206 g/mol. The van der Waals surface area contributed by atoms with E-state index in [-0.39, 0.29) is 0 Å². The van der Waals surface area contributed by atoms with E-state index in [1.165, 1.54) is 0 Å². The van der Waals surface area contributed by atoms with Gasteiger partial charge in [-0.25, -0.2) is 0 Å². The zero-order chi connectivity index (χ0) is 8.10. The third-order valence-electron chi connectivity index (χ3n) is 1.28. The molecular formula is C7H8BrN3. The summed E-state index contributed by atoms with van der Waals surface area (Å²) < 4.78 is 2.66. The molecule has 4 heteroatoms. The van der Waals surface area contributed by atoms with Crippen LogP contribution in [0.15, 0.2) is 16.9 Å². The maximum atomic E-state index is 8.26. The van der Waals surface area contributed by atoms with Crippen molar-refractivity contribution in [2.45, 2.75) is 19.4 Å². The predicted molar refractivity (Wildman–Crippen MR) is 44.8 cm³/mol. The molecule has 11 heavy (non-hydrogen) atoms. The van der Waals surface area contributed by atoms with E-state index in [9.17, 15) is 0 Å². The normalized spacial score (nSPS) is 9.45. The molecule has 0 atom stereocenters. The molecule has 0 saturated heterocycles. The van der Waals surface area contributed by atoms with Gasteiger partial charge in [-0.3, -0.25) is 4.68 Å². The molecule has 0 amide bonds. The summed E-state index contributed by atoms with van der Waals surface area (Å²) in [6, 6.07) is 3.97. The highest BCUT2D eigenvalue weighted by Crippen LogP contribution is 2.04. The third kappa shape index (κ3) is 2.72. The minimum absolute atomic E-state index is 0.595. The van der Waals surface area contributed by atoms with E-state index in [4.69, 9.17) is 5.26 Å². The molecule has 0 radical (unpaired) electrons. The SMILES string of the molecule is N#CCCCn1ccc(Br)n1. The summed E-state index contributed by atoms with van der Waals surface area (Å²) in [6.45, 7) is 0.819. The Kier molecular flexibility index (Phi) is 3.12. The lowest BCUT2D eigenvalue weighted by atomic mass is 10.3. The van der Waals surface area contributed by atoms with Crippen molar-refractivity contribution in [2.75, 3.05) is 0 Å². The topological polar surface area (TPSA) is 41.6 Å². The average molecular weight is 214 g/mol. The van der Waals surface area contributed by atoms with Crippen LogP contribution in [0.4, 0.5) is 0 Å². The molecule has 0 unspecified atom stereocenters. The summed E-state index contributed by atoms with van der Waals surface area (Å²) in [5, 5.41) is 12.4. The van der Waals surface area contributed by atoms with Crippen LogP contribution in [-0.4, -0.2) is 9.78 Å². The number of aromatic nitrogens is 2. The molecule has 0 aliphatic rings. The summed E-state index contributed by atoms with van der Waals surface area (Å²) in [6.07, 6.45) is 3.35. The van der Waals surface area contributed by atoms with Crippen molar-refractivity contribution in [3.63, 3.8) is 0 Å². The summed E-state index contributed by atoms with van der Waals surface area (Å²) in [7, 11) is 0. The number of unbranched alkanes of at least 4 members (excludes halogenated alkanes) is 1. The number of halogens is 1. The first kappa shape index (κ1) is 8.28. The molecule has 3 nitrogen and oxygen atoms in total. The monoisotopic (exact) mass is 213 g/mol. The van der Waals surface area contributed by atoms with Gasteiger partial charge in [0.1, 0.15) is 4.60 Å². The van der Waals surface area contributed by atoms with Crippen molar-refractivity contribution in [3.8, 4) is 6.07 Å². The standard InChI is InChI=1S/C7H8BrN3/c8-7-3-6-11(10-7)5-2-1-4-9/h3,6H,1-2,5H2. The second-order valence-electron chi connectivity index (χ2n) is 2.16. The average Bonchev–Trinajstić information content (AvgIpc) is 2.37. The van der Waals surface area contributed by atoms with Crippen LogP contribution in [0, 0.1) is 11.3 Å². The Morgan fingerprint density at radius 2 is 2.55 bits per heavy atom. The molecule has 1 rings (SSSR count). The Morgan fingerprint density at radius 1 is 1.73 bits per heavy atom. The molecule has 0 N–H and O–H groups in total. The molecule has 1 aromatic rings. The van der Waals surface area contributed by atoms with Gasteiger partial charge in [0.25, 0.3) is 0 Å². The van der Waals surface area contributed by atoms with E-state index < -0.39 is 0 Å². The van der Waals surface area contributed by atoms with Gasteiger partial charge in [-0.15, -0.1) is 0 Å². The summed E-state index contributed by atoms with van der Waals surface area (Å²) in [4.78, 5) is 0. The van der Waals surface area contributed by atoms with Crippen LogP contribution in [-0.2, 0) is 6.54 Å². The van der Waals surface area contributed by atoms with Gasteiger partial charge in [-0.2, -0.15) is 10.4 Å². The molecule has 58 valence electrons. The molecule has 1 heterocycles. The van der Waals surface area contributed by atoms with E-state index in [1.54, 1.807) is 0 Å². The molecule has 0 spiro atoms. The van der Waals surface area contributed by atoms with Crippen molar-refractivity contribution < 1.29 is 0 Å². The molecule has 0 fully saturated rings. The molecule has 0 aromatic carbocycles. The minimum atomic E-state index is 0.595. The molecule has 0 aliphatic carbocycles. The molecule has 0 bridgehead atoms. The lowest BCUT2D eigenvalue weighted by Crippen LogP contribution is -1.97. The Bertz CT molecular complexity index is 261. The van der Waals surface area contributed by atoms with Crippen molar-refractivity contribution >= 4 is 15.9 Å². The first-order valence-corrected chi connectivity index (χ1v) is 4.18. The highest BCUT2D eigenvalue weighted by Gasteiger charge is 1.93. The second kappa shape index (κ2) is 4.14. The summed E-state index contributed by atoms with van der Waals surface area (Å²) >= 11 is 3.24. The van der Waals surface area contributed by atoms with E-state index in [1.807, 2.05) is 16.9 Å². The van der Waals surface area contributed by atoms with E-state index in [0.29, 0.717) is 6.42 Å². The number of aryl methyl sites for hydroxylation is 1. The summed E-state index contributed by atoms with van der Waals surface area (Å²) in [5.41, 5.74) is 0. The van der Waals surface area contributed by atoms with Gasteiger partial charge in [-0.05, 0) is 28.4 Å². The Labute approximate surface area is 73.8 Å². The van der Waals surface area contributed by atoms with Gasteiger partial charge in [0.2, 0.25) is 0 Å². The fourth-order valence-corrected chi connectivity index (χ4v) is 1.10. The van der Waals surface area contributed by atoms with E-state index in [2.05, 4.69) is 27.1 Å². The second-order valence-corrected chi connectivity index (χ2v) is 2.98. The number of nitriles is 1. The Morgan fingerprint density at radius 3 is 3.09 bits per heavy atom. The fourth-order valence-electron chi connectivity index (χ4n) is 0.782. The quantitative estimate of drug-likeness (QED) is 0.721. The molecule has 1 aromatic heterocycles. The number of hydrogen-bond donors (Lipinski definition) is 0. The predicted octanol–water partition coefficient (Wildman–Crippen LogP) is 1.95. The van der Waals surface area contributed by atoms with Crippen LogP contribution in [0.3, 0.4) is 0 Å². The van der Waals surface area contributed by atoms with Crippen LogP contribution in [0.2, 0.25) is 0 Å². The zero-order valence-electron chi connectivity index (χ0n) is 6.00. The number of rotatable bonds is 3. The van der Waals surface area contributed by atoms with Gasteiger partial charge in [0, 0.05) is 19.2 Å². The maximum absolute atomic E-state index is 8.26. The van der Waals surface area contributed by atoms with Gasteiger partial charge in [0.15, 0.2) is 0 Å². The van der Waals surface area contributed by atoms with Crippen LogP contribution in [0.25, 0.3) is 0 Å². The number of hydrogen-bond acceptors (Lipinski definition) is 2. The number of nitrogens with zero attached hydrogens (tertiary/aromatic N) is 3. The van der Waals surface area contributed by atoms with Crippen molar-refractivity contribution in [1.82, 2.24) is 9.78 Å². The largest absolute Gasteiger partial charge is 0.272 e. The highest BCUT2D eigenvalue weighted by molar-refractivity contribution is 9.10. The highest BCUT2D eigenvalue weighted by atomic mass is 79.9. The van der Waals surface area contributed by atoms with Crippen LogP contribution in [0.5, 0.6) is 0 Å². The first-order chi connectivity index (χ1) is 5.33. The third-order valence-corrected chi connectivity index (χ3v) is 1.71. The Balaban J connectivity index is 2.34. The molecule has 0 saturated carbocycles. The van der Waals surface area contributed by atoms with E-state index >= 15 is 0 Å². The van der Waals surface area contributed by atoms with Crippen molar-refractivity contribution in [3.05, 3.63) is 16.9 Å². The smallest absolute Gasteiger partial charge is 0.128 e. The van der Waals surface area contributed by atoms with Crippen molar-refractivity contribution in [1.29, 1.82) is 5.26 Å². The lowest BCUT2D eigenvalue weighted by molar-refractivity contribution is 0.583. The van der Waals surface area contributed by atoms with Gasteiger partial charge in [-0.1, -0.05) is 0 Å². The maximum Gasteiger partial charge on any atom is 0.128 e.